The highest BCUT2D eigenvalue weighted by Crippen LogP contribution is 2.40. The molecule has 1 fully saturated rings. The Balaban J connectivity index is 0.000000611. The fraction of sp³-hybridized carbons (Fsp3) is 0.700. The third-order valence-corrected chi connectivity index (χ3v) is 9.17. The van der Waals surface area contributed by atoms with Crippen molar-refractivity contribution in [2.45, 2.75) is 158 Å². The molecule has 1 saturated carbocycles. The number of allylic oxidation sites excluding steroid dienone is 8. The number of nitrogens with zero attached hydrogens (tertiary/aromatic N) is 1. The number of halogens is 1. The van der Waals surface area contributed by atoms with Crippen molar-refractivity contribution >= 4 is 0 Å². The predicted octanol–water partition coefficient (Wildman–Crippen LogP) is 13.3. The van der Waals surface area contributed by atoms with Crippen LogP contribution in [0.1, 0.15) is 152 Å². The Morgan fingerprint density at radius 3 is 2.02 bits per heavy atom. The Morgan fingerprint density at radius 1 is 1.00 bits per heavy atom. The van der Waals surface area contributed by atoms with Crippen molar-refractivity contribution in [3.8, 4) is 0 Å². The molecule has 0 aromatic carbocycles. The molecular formula is C40H70FN. The molecule has 0 bridgehead atoms. The van der Waals surface area contributed by atoms with Crippen LogP contribution in [-0.4, -0.2) is 24.2 Å². The zero-order valence-electron chi connectivity index (χ0n) is 29.9. The van der Waals surface area contributed by atoms with Crippen molar-refractivity contribution in [3.05, 3.63) is 71.0 Å². The molecule has 1 unspecified atom stereocenters. The highest BCUT2D eigenvalue weighted by Gasteiger charge is 2.34. The zero-order chi connectivity index (χ0) is 32.3. The highest BCUT2D eigenvalue weighted by atomic mass is 19.1. The molecule has 1 nitrogen and oxygen atoms in total. The maximum Gasteiger partial charge on any atom is 0.135 e. The van der Waals surface area contributed by atoms with Crippen molar-refractivity contribution in [1.82, 2.24) is 4.90 Å². The smallest absolute Gasteiger partial charge is 0.135 e. The fourth-order valence-corrected chi connectivity index (χ4v) is 6.73. The summed E-state index contributed by atoms with van der Waals surface area (Å²) in [5.74, 6) is 1.69. The average Bonchev–Trinajstić information content (AvgIpc) is 3.37. The molecule has 42 heavy (non-hydrogen) atoms. The van der Waals surface area contributed by atoms with E-state index >= 15 is 0 Å². The van der Waals surface area contributed by atoms with E-state index in [0.29, 0.717) is 18.8 Å². The summed E-state index contributed by atoms with van der Waals surface area (Å²) in [6, 6.07) is 0. The molecule has 3 aliphatic rings. The van der Waals surface area contributed by atoms with Gasteiger partial charge >= 0.3 is 0 Å². The van der Waals surface area contributed by atoms with Gasteiger partial charge in [0.15, 0.2) is 0 Å². The van der Waals surface area contributed by atoms with Gasteiger partial charge in [0, 0.05) is 19.3 Å². The third kappa shape index (κ3) is 13.2. The van der Waals surface area contributed by atoms with Crippen LogP contribution in [0.4, 0.5) is 4.39 Å². The van der Waals surface area contributed by atoms with E-state index in [2.05, 4.69) is 86.2 Å². The van der Waals surface area contributed by atoms with E-state index in [1.54, 1.807) is 0 Å². The van der Waals surface area contributed by atoms with E-state index in [1.807, 2.05) is 19.9 Å². The normalized spacial score (nSPS) is 18.9. The molecule has 0 radical (unpaired) electrons. The summed E-state index contributed by atoms with van der Waals surface area (Å²) in [6.07, 6.45) is 20.6. The molecular weight excluding hydrogens is 513 g/mol. The van der Waals surface area contributed by atoms with E-state index in [4.69, 9.17) is 0 Å². The SMILES string of the molecule is C=CC(=C)C1=C(N(C)CC(=C)C)CCC1C.CC.CCC1CCCCC1.CCCC(F)(CCC)C1=CCCC(C)=C1C. The predicted molar refractivity (Wildman–Crippen MR) is 190 cm³/mol. The van der Waals surface area contributed by atoms with Gasteiger partial charge < -0.3 is 4.90 Å². The van der Waals surface area contributed by atoms with Crippen LogP contribution in [0.3, 0.4) is 0 Å². The Morgan fingerprint density at radius 2 is 1.57 bits per heavy atom. The molecule has 1 atom stereocenters. The second-order valence-corrected chi connectivity index (χ2v) is 12.8. The minimum atomic E-state index is -1.07. The van der Waals surface area contributed by atoms with Crippen molar-refractivity contribution in [2.75, 3.05) is 13.6 Å². The number of hydrogen-bond donors (Lipinski definition) is 0. The van der Waals surface area contributed by atoms with Crippen molar-refractivity contribution < 1.29 is 4.39 Å². The molecule has 0 aliphatic heterocycles. The van der Waals surface area contributed by atoms with Gasteiger partial charge in [-0.15, -0.1) is 0 Å². The monoisotopic (exact) mass is 584 g/mol. The second kappa shape index (κ2) is 21.8. The summed E-state index contributed by atoms with van der Waals surface area (Å²) in [7, 11) is 2.14. The molecule has 2 heteroatoms. The van der Waals surface area contributed by atoms with E-state index in [9.17, 15) is 4.39 Å². The molecule has 0 saturated heterocycles. The van der Waals surface area contributed by atoms with Crippen LogP contribution in [-0.2, 0) is 0 Å². The van der Waals surface area contributed by atoms with Crippen molar-refractivity contribution in [1.29, 1.82) is 0 Å². The zero-order valence-corrected chi connectivity index (χ0v) is 29.9. The summed E-state index contributed by atoms with van der Waals surface area (Å²) < 4.78 is 15.0. The lowest BCUT2D eigenvalue weighted by atomic mass is 9.78. The molecule has 0 N–H and O–H groups in total. The van der Waals surface area contributed by atoms with Crippen LogP contribution < -0.4 is 0 Å². The lowest BCUT2D eigenvalue weighted by Crippen LogP contribution is -2.27. The van der Waals surface area contributed by atoms with Gasteiger partial charge in [0.2, 0.25) is 0 Å². The lowest BCUT2D eigenvalue weighted by molar-refractivity contribution is 0.181. The van der Waals surface area contributed by atoms with E-state index < -0.39 is 5.67 Å². The standard InChI is InChI=1S/C15H25F.C15H23N.C8H16.C2H6/c1-5-10-15(16,11-6-2)14-9-7-8-12(3)13(14)4;1-7-12(4)15-13(5)8-9-14(15)16(6)10-11(2)3;1-2-8-6-4-3-5-7-8;1-2/h9H,5-8,10-11H2,1-4H3;7,13H,1-2,4,8-10H2,3,5-6H3;8H,2-7H2,1H3;1-2H3. The topological polar surface area (TPSA) is 3.24 Å². The Bertz CT molecular complexity index is 902. The summed E-state index contributed by atoms with van der Waals surface area (Å²) >= 11 is 0. The number of rotatable bonds is 11. The first-order valence-corrected chi connectivity index (χ1v) is 17.4. The largest absolute Gasteiger partial charge is 0.374 e. The molecule has 0 amide bonds. The summed E-state index contributed by atoms with van der Waals surface area (Å²) in [4.78, 5) is 2.30. The van der Waals surface area contributed by atoms with Gasteiger partial charge in [0.25, 0.3) is 0 Å². The van der Waals surface area contributed by atoms with Gasteiger partial charge in [-0.1, -0.05) is 136 Å². The van der Waals surface area contributed by atoms with Gasteiger partial charge in [-0.05, 0) is 93.4 Å². The molecule has 0 spiro atoms. The van der Waals surface area contributed by atoms with E-state index in [1.165, 1.54) is 72.9 Å². The number of alkyl halides is 1. The van der Waals surface area contributed by atoms with Crippen LogP contribution >= 0.6 is 0 Å². The molecule has 0 heterocycles. The van der Waals surface area contributed by atoms with Crippen LogP contribution in [0.5, 0.6) is 0 Å². The van der Waals surface area contributed by atoms with Crippen molar-refractivity contribution in [3.63, 3.8) is 0 Å². The van der Waals surface area contributed by atoms with Crippen LogP contribution in [0, 0.1) is 11.8 Å². The summed E-state index contributed by atoms with van der Waals surface area (Å²) in [6.45, 7) is 31.8. The molecule has 3 rings (SSSR count). The Kier molecular flexibility index (Phi) is 20.8. The third-order valence-electron chi connectivity index (χ3n) is 9.17. The maximum atomic E-state index is 15.0. The van der Waals surface area contributed by atoms with Gasteiger partial charge in [-0.25, -0.2) is 4.39 Å². The van der Waals surface area contributed by atoms with Crippen LogP contribution in [0.15, 0.2) is 71.0 Å². The highest BCUT2D eigenvalue weighted by molar-refractivity contribution is 5.44. The fourth-order valence-electron chi connectivity index (χ4n) is 6.73. The van der Waals surface area contributed by atoms with Gasteiger partial charge in [-0.3, -0.25) is 0 Å². The number of likely N-dealkylation sites (N-methyl/N-ethyl adjacent to an activating group) is 1. The second-order valence-electron chi connectivity index (χ2n) is 12.8. The first-order valence-electron chi connectivity index (χ1n) is 17.4. The van der Waals surface area contributed by atoms with E-state index in [-0.39, 0.29) is 0 Å². The first-order chi connectivity index (χ1) is 19.9. The maximum absolute atomic E-state index is 15.0. The first kappa shape index (κ1) is 40.2. The Labute approximate surface area is 263 Å². The molecule has 0 aromatic heterocycles. The summed E-state index contributed by atoms with van der Waals surface area (Å²) in [5.41, 5.74) is 7.56. The Hall–Kier alpha value is -1.83. The van der Waals surface area contributed by atoms with Crippen molar-refractivity contribution in [2.24, 2.45) is 11.8 Å². The van der Waals surface area contributed by atoms with Gasteiger partial charge in [0.1, 0.15) is 5.67 Å². The van der Waals surface area contributed by atoms with Gasteiger partial charge in [0.05, 0.1) is 0 Å². The number of hydrogen-bond acceptors (Lipinski definition) is 1. The lowest BCUT2D eigenvalue weighted by Gasteiger charge is -2.31. The minimum absolute atomic E-state index is 0.605. The minimum Gasteiger partial charge on any atom is -0.374 e. The van der Waals surface area contributed by atoms with Crippen LogP contribution in [0.25, 0.3) is 0 Å². The summed E-state index contributed by atoms with van der Waals surface area (Å²) in [5, 5.41) is 0. The van der Waals surface area contributed by atoms with Crippen LogP contribution in [0.2, 0.25) is 0 Å². The molecule has 0 aromatic rings. The molecule has 3 aliphatic carbocycles. The van der Waals surface area contributed by atoms with Gasteiger partial charge in [-0.2, -0.15) is 0 Å². The molecule has 242 valence electrons. The average molecular weight is 584 g/mol. The van der Waals surface area contributed by atoms with E-state index in [0.717, 1.165) is 55.7 Å². The quantitative estimate of drug-likeness (QED) is 0.173.